The van der Waals surface area contributed by atoms with Gasteiger partial charge in [0.1, 0.15) is 5.75 Å². The number of carbonyl (C=O) groups is 2. The molecule has 0 unspecified atom stereocenters. The smallest absolute Gasteiger partial charge is 0.317 e. The van der Waals surface area contributed by atoms with Crippen molar-refractivity contribution in [1.82, 2.24) is 0 Å². The molecule has 1 amide bonds. The van der Waals surface area contributed by atoms with Gasteiger partial charge in [-0.3, -0.25) is 9.59 Å². The predicted molar refractivity (Wildman–Crippen MR) is 99.4 cm³/mol. The average molecular weight is 380 g/mol. The zero-order valence-corrected chi connectivity index (χ0v) is 15.4. The quantitative estimate of drug-likeness (QED) is 0.581. The van der Waals surface area contributed by atoms with Crippen molar-refractivity contribution in [3.8, 4) is 5.75 Å². The normalized spacial score (nSPS) is 11.5. The number of anilines is 1. The molecule has 132 valence electrons. The molecule has 1 atom stereocenters. The molecule has 2 aromatic rings. The van der Waals surface area contributed by atoms with Gasteiger partial charge in [-0.25, -0.2) is 0 Å². The number of ether oxygens (including phenoxy) is 2. The zero-order valence-electron chi connectivity index (χ0n) is 13.8. The number of esters is 1. The van der Waals surface area contributed by atoms with Gasteiger partial charge in [-0.05, 0) is 37.3 Å². The van der Waals surface area contributed by atoms with Gasteiger partial charge in [0.25, 0.3) is 5.91 Å². The lowest BCUT2D eigenvalue weighted by Gasteiger charge is -2.15. The summed E-state index contributed by atoms with van der Waals surface area (Å²) in [6, 6.07) is 14.4. The number of hydrogen-bond acceptors (Lipinski definition) is 5. The molecule has 2 aromatic carbocycles. The monoisotopic (exact) mass is 379 g/mol. The Kier molecular flexibility index (Phi) is 7.16. The molecule has 1 N–H and O–H groups in total. The van der Waals surface area contributed by atoms with E-state index < -0.39 is 18.0 Å². The van der Waals surface area contributed by atoms with Crippen molar-refractivity contribution in [2.45, 2.75) is 17.9 Å². The van der Waals surface area contributed by atoms with Crippen LogP contribution in [0.3, 0.4) is 0 Å². The van der Waals surface area contributed by atoms with Gasteiger partial charge >= 0.3 is 5.97 Å². The molecule has 0 fully saturated rings. The van der Waals surface area contributed by atoms with Crippen LogP contribution in [-0.2, 0) is 14.3 Å². The summed E-state index contributed by atoms with van der Waals surface area (Å²) in [5.74, 6) is -0.327. The van der Waals surface area contributed by atoms with Gasteiger partial charge in [0, 0.05) is 9.92 Å². The molecule has 0 spiro atoms. The highest BCUT2D eigenvalue weighted by Crippen LogP contribution is 2.27. The Labute approximate surface area is 155 Å². The number of nitrogens with one attached hydrogen (secondary N) is 1. The summed E-state index contributed by atoms with van der Waals surface area (Å²) in [6.45, 7) is 1.51. The Morgan fingerprint density at radius 3 is 2.60 bits per heavy atom. The maximum atomic E-state index is 12.2. The van der Waals surface area contributed by atoms with E-state index in [0.717, 1.165) is 4.90 Å². The van der Waals surface area contributed by atoms with E-state index in [1.165, 1.54) is 25.8 Å². The maximum absolute atomic E-state index is 12.2. The van der Waals surface area contributed by atoms with Crippen LogP contribution < -0.4 is 10.1 Å². The molecular weight excluding hydrogens is 362 g/mol. The number of halogens is 1. The fourth-order valence-electron chi connectivity index (χ4n) is 1.96. The van der Waals surface area contributed by atoms with Crippen LogP contribution in [0.2, 0.25) is 5.02 Å². The Morgan fingerprint density at radius 2 is 1.92 bits per heavy atom. The minimum Gasteiger partial charge on any atom is -0.495 e. The molecule has 2 rings (SSSR count). The summed E-state index contributed by atoms with van der Waals surface area (Å²) in [5, 5.41) is 3.11. The van der Waals surface area contributed by atoms with Gasteiger partial charge in [0.05, 0.1) is 18.6 Å². The second-order valence-electron chi connectivity index (χ2n) is 5.07. The number of rotatable bonds is 7. The van der Waals surface area contributed by atoms with Crippen molar-refractivity contribution in [1.29, 1.82) is 0 Å². The summed E-state index contributed by atoms with van der Waals surface area (Å²) < 4.78 is 10.3. The van der Waals surface area contributed by atoms with Gasteiger partial charge in [-0.1, -0.05) is 29.8 Å². The Morgan fingerprint density at radius 1 is 1.20 bits per heavy atom. The molecule has 0 aliphatic carbocycles. The van der Waals surface area contributed by atoms with E-state index in [4.69, 9.17) is 21.1 Å². The molecule has 0 saturated carbocycles. The SMILES string of the molecule is COc1ccc(Cl)cc1NC(=O)[C@@H](C)OC(=O)CSc1ccccc1. The van der Waals surface area contributed by atoms with Crippen LogP contribution in [0, 0.1) is 0 Å². The first kappa shape index (κ1) is 19.1. The van der Waals surface area contributed by atoms with E-state index in [-0.39, 0.29) is 5.75 Å². The van der Waals surface area contributed by atoms with E-state index in [1.807, 2.05) is 30.3 Å². The van der Waals surface area contributed by atoms with Gasteiger partial charge in [-0.15, -0.1) is 11.8 Å². The van der Waals surface area contributed by atoms with Gasteiger partial charge in [-0.2, -0.15) is 0 Å². The van der Waals surface area contributed by atoms with Crippen LogP contribution in [0.5, 0.6) is 5.75 Å². The number of thioether (sulfide) groups is 1. The van der Waals surface area contributed by atoms with E-state index >= 15 is 0 Å². The second kappa shape index (κ2) is 9.34. The number of methoxy groups -OCH3 is 1. The fraction of sp³-hybridized carbons (Fsp3) is 0.222. The van der Waals surface area contributed by atoms with Crippen molar-refractivity contribution >= 4 is 40.9 Å². The van der Waals surface area contributed by atoms with Gasteiger partial charge in [0.2, 0.25) is 0 Å². The molecule has 5 nitrogen and oxygen atoms in total. The summed E-state index contributed by atoms with van der Waals surface area (Å²) in [7, 11) is 1.49. The van der Waals surface area contributed by atoms with Crippen molar-refractivity contribution in [3.63, 3.8) is 0 Å². The van der Waals surface area contributed by atoms with E-state index in [0.29, 0.717) is 16.5 Å². The van der Waals surface area contributed by atoms with Crippen molar-refractivity contribution in [3.05, 3.63) is 53.6 Å². The van der Waals surface area contributed by atoms with Crippen molar-refractivity contribution in [2.75, 3.05) is 18.2 Å². The predicted octanol–water partition coefficient (Wildman–Crippen LogP) is 4.01. The standard InChI is InChI=1S/C18H18ClNO4S/c1-12(24-17(21)11-25-14-6-4-3-5-7-14)18(22)20-15-10-13(19)8-9-16(15)23-2/h3-10,12H,11H2,1-2H3,(H,20,22)/t12-/m1/s1. The largest absolute Gasteiger partial charge is 0.495 e. The topological polar surface area (TPSA) is 64.6 Å². The summed E-state index contributed by atoms with van der Waals surface area (Å²) in [4.78, 5) is 25.1. The number of carbonyl (C=O) groups excluding carboxylic acids is 2. The highest BCUT2D eigenvalue weighted by Gasteiger charge is 2.19. The van der Waals surface area contributed by atoms with E-state index in [1.54, 1.807) is 18.2 Å². The Balaban J connectivity index is 1.87. The Bertz CT molecular complexity index is 739. The summed E-state index contributed by atoms with van der Waals surface area (Å²) >= 11 is 7.28. The lowest BCUT2D eigenvalue weighted by atomic mass is 10.2. The highest BCUT2D eigenvalue weighted by atomic mass is 35.5. The summed E-state index contributed by atoms with van der Waals surface area (Å²) in [5.41, 5.74) is 0.418. The molecule has 7 heteroatoms. The van der Waals surface area contributed by atoms with E-state index in [2.05, 4.69) is 5.32 Å². The third-order valence-electron chi connectivity index (χ3n) is 3.20. The van der Waals surface area contributed by atoms with Crippen LogP contribution in [0.15, 0.2) is 53.4 Å². The molecule has 0 aliphatic rings. The van der Waals surface area contributed by atoms with Crippen molar-refractivity contribution < 1.29 is 19.1 Å². The number of benzene rings is 2. The second-order valence-corrected chi connectivity index (χ2v) is 6.55. The molecule has 0 aromatic heterocycles. The first-order chi connectivity index (χ1) is 12.0. The highest BCUT2D eigenvalue weighted by molar-refractivity contribution is 8.00. The maximum Gasteiger partial charge on any atom is 0.317 e. The molecular formula is C18H18ClNO4S. The molecule has 0 bridgehead atoms. The first-order valence-electron chi connectivity index (χ1n) is 7.51. The van der Waals surface area contributed by atoms with Crippen LogP contribution >= 0.6 is 23.4 Å². The molecule has 0 aliphatic heterocycles. The minimum absolute atomic E-state index is 0.127. The fourth-order valence-corrected chi connectivity index (χ4v) is 2.83. The minimum atomic E-state index is -0.937. The number of hydrogen-bond donors (Lipinski definition) is 1. The lowest BCUT2D eigenvalue weighted by Crippen LogP contribution is -2.30. The average Bonchev–Trinajstić information content (AvgIpc) is 2.61. The van der Waals surface area contributed by atoms with Gasteiger partial charge in [0.15, 0.2) is 6.10 Å². The van der Waals surface area contributed by atoms with Crippen LogP contribution in [0.4, 0.5) is 5.69 Å². The van der Waals surface area contributed by atoms with Crippen LogP contribution in [0.1, 0.15) is 6.92 Å². The molecule has 0 saturated heterocycles. The molecule has 0 heterocycles. The molecule has 25 heavy (non-hydrogen) atoms. The van der Waals surface area contributed by atoms with Crippen molar-refractivity contribution in [2.24, 2.45) is 0 Å². The van der Waals surface area contributed by atoms with Crippen LogP contribution in [-0.4, -0.2) is 30.8 Å². The lowest BCUT2D eigenvalue weighted by molar-refractivity contribution is -0.150. The number of amides is 1. The Hall–Kier alpha value is -2.18. The summed E-state index contributed by atoms with van der Waals surface area (Å²) in [6.07, 6.45) is -0.937. The first-order valence-corrected chi connectivity index (χ1v) is 8.87. The van der Waals surface area contributed by atoms with E-state index in [9.17, 15) is 9.59 Å². The zero-order chi connectivity index (χ0) is 18.2. The molecule has 0 radical (unpaired) electrons. The third kappa shape index (κ3) is 5.99. The van der Waals surface area contributed by atoms with Gasteiger partial charge < -0.3 is 14.8 Å². The van der Waals surface area contributed by atoms with Crippen LogP contribution in [0.25, 0.3) is 0 Å². The third-order valence-corrected chi connectivity index (χ3v) is 4.42.